The van der Waals surface area contributed by atoms with Crippen molar-refractivity contribution >= 4 is 38.7 Å². The molecule has 6 rings (SSSR count). The maximum atomic E-state index is 14.3. The smallest absolute Gasteiger partial charge is 0.185 e. The number of terminal acetylenes is 1. The van der Waals surface area contributed by atoms with E-state index in [-0.39, 0.29) is 62.1 Å². The molecule has 0 saturated carbocycles. The summed E-state index contributed by atoms with van der Waals surface area (Å²) in [7, 11) is 0. The number of nitrogens with one attached hydrogen (secondary N) is 2. The molecular weight excluding hydrogens is 967 g/mol. The molecule has 71 heavy (non-hydrogen) atoms. The Morgan fingerprint density at radius 2 is 1.03 bits per heavy atom. The van der Waals surface area contributed by atoms with Crippen LogP contribution in [0.5, 0.6) is 0 Å². The molecule has 2 atom stereocenters. The molecule has 0 saturated heterocycles. The molecule has 0 heterocycles. The molecule has 0 fully saturated rings. The number of nitrogen functional groups attached to an aromatic ring is 1. The zero-order valence-corrected chi connectivity index (χ0v) is 41.9. The van der Waals surface area contributed by atoms with E-state index in [9.17, 15) is 19.0 Å². The zero-order valence-electron chi connectivity index (χ0n) is 48.3. The topological polar surface area (TPSA) is 155 Å². The van der Waals surface area contributed by atoms with Crippen molar-refractivity contribution in [2.24, 2.45) is 10.8 Å². The van der Waals surface area contributed by atoms with E-state index in [4.69, 9.17) is 42.1 Å². The highest BCUT2D eigenvalue weighted by atomic mass is 79.9. The van der Waals surface area contributed by atoms with Crippen LogP contribution in [0.1, 0.15) is 66.5 Å². The summed E-state index contributed by atoms with van der Waals surface area (Å²) in [5.41, 5.74) is 11.3. The third-order valence-electron chi connectivity index (χ3n) is 9.54. The lowest BCUT2D eigenvalue weighted by Crippen LogP contribution is -2.41. The number of aliphatic hydroxyl groups is 2. The SMILES string of the molecule is [2H]C([2H])(OCc1ccccc1)C(C)(C)C#C.[2H]C([2H])(OCc1ccccc1)C(O)CNc1cc(F)c(N)cc1C#CC(C)(C)C([2H])([2H])OCc1ccccc1.[2H]C([2H])(OCc1ccccc1)C(O)CNc1cc(F)c([NH3+])cc1Br. The molecule has 0 bridgehead atoms. The van der Waals surface area contributed by atoms with Gasteiger partial charge in [0.1, 0.15) is 5.82 Å². The van der Waals surface area contributed by atoms with Gasteiger partial charge in [0, 0.05) is 52.2 Å². The molecule has 10 nitrogen and oxygen atoms in total. The predicted molar refractivity (Wildman–Crippen MR) is 284 cm³/mol. The molecule has 9 N–H and O–H groups in total. The summed E-state index contributed by atoms with van der Waals surface area (Å²) < 4.78 is 114. The summed E-state index contributed by atoms with van der Waals surface area (Å²) >= 11 is 3.27. The van der Waals surface area contributed by atoms with Gasteiger partial charge in [0.05, 0.1) is 92.9 Å². The monoisotopic (exact) mass is 1040 g/mol. The van der Waals surface area contributed by atoms with Crippen molar-refractivity contribution in [2.75, 3.05) is 55.7 Å². The fraction of sp³-hybridized carbons (Fsp3) is 0.310. The van der Waals surface area contributed by atoms with Crippen LogP contribution in [0.15, 0.2) is 150 Å². The lowest BCUT2D eigenvalue weighted by Gasteiger charge is -2.18. The maximum Gasteiger partial charge on any atom is 0.185 e. The molecule has 376 valence electrons. The average molecular weight is 1040 g/mol. The van der Waals surface area contributed by atoms with Crippen LogP contribution in [0.2, 0.25) is 0 Å². The van der Waals surface area contributed by atoms with Crippen LogP contribution < -0.4 is 22.1 Å². The molecular formula is C58H68BrF2N4O6+. The second-order valence-corrected chi connectivity index (χ2v) is 17.7. The predicted octanol–water partition coefficient (Wildman–Crippen LogP) is 10.3. The normalized spacial score (nSPS) is 14.3. The van der Waals surface area contributed by atoms with Crippen molar-refractivity contribution in [3.63, 3.8) is 0 Å². The number of anilines is 3. The van der Waals surface area contributed by atoms with Crippen molar-refractivity contribution in [2.45, 2.75) is 66.3 Å². The van der Waals surface area contributed by atoms with E-state index < -0.39 is 60.9 Å². The van der Waals surface area contributed by atoms with Gasteiger partial charge in [-0.2, -0.15) is 0 Å². The lowest BCUT2D eigenvalue weighted by molar-refractivity contribution is -0.258. The first-order chi connectivity index (χ1) is 37.0. The van der Waals surface area contributed by atoms with Crippen molar-refractivity contribution in [1.29, 1.82) is 0 Å². The van der Waals surface area contributed by atoms with E-state index in [1.807, 2.05) is 84.9 Å². The van der Waals surface area contributed by atoms with Crippen LogP contribution in [0.25, 0.3) is 0 Å². The number of ether oxygens (including phenoxy) is 4. The number of aliphatic hydroxyl groups excluding tert-OH is 2. The highest BCUT2D eigenvalue weighted by Crippen LogP contribution is 2.27. The van der Waals surface area contributed by atoms with Gasteiger partial charge in [0.25, 0.3) is 0 Å². The maximum absolute atomic E-state index is 14.3. The van der Waals surface area contributed by atoms with E-state index in [1.54, 1.807) is 64.1 Å². The third kappa shape index (κ3) is 23.1. The van der Waals surface area contributed by atoms with Crippen LogP contribution >= 0.6 is 15.9 Å². The number of benzene rings is 6. The zero-order chi connectivity index (χ0) is 58.7. The summed E-state index contributed by atoms with van der Waals surface area (Å²) in [5.74, 6) is 6.92. The number of quaternary nitrogens is 1. The molecule has 0 aliphatic carbocycles. The quantitative estimate of drug-likeness (QED) is 0.0288. The van der Waals surface area contributed by atoms with Crippen molar-refractivity contribution in [1.82, 2.24) is 0 Å². The van der Waals surface area contributed by atoms with E-state index in [1.165, 1.54) is 18.2 Å². The van der Waals surface area contributed by atoms with E-state index >= 15 is 0 Å². The van der Waals surface area contributed by atoms with Gasteiger partial charge in [-0.25, -0.2) is 8.78 Å². The van der Waals surface area contributed by atoms with Crippen LogP contribution in [0.4, 0.5) is 31.5 Å². The summed E-state index contributed by atoms with van der Waals surface area (Å²) in [5, 5.41) is 26.1. The molecule has 0 aliphatic heterocycles. The Hall–Kier alpha value is -6.10. The fourth-order valence-electron chi connectivity index (χ4n) is 5.68. The lowest BCUT2D eigenvalue weighted by atomic mass is 9.95. The summed E-state index contributed by atoms with van der Waals surface area (Å²) in [6.07, 6.45) is 2.26. The molecule has 2 unspecified atom stereocenters. The van der Waals surface area contributed by atoms with Gasteiger partial charge in [-0.15, -0.1) is 6.42 Å². The van der Waals surface area contributed by atoms with Crippen molar-refractivity contribution < 1.29 is 54.6 Å². The van der Waals surface area contributed by atoms with Crippen LogP contribution in [-0.4, -0.2) is 61.7 Å². The molecule has 6 aromatic carbocycles. The van der Waals surface area contributed by atoms with Crippen LogP contribution in [-0.2, 0) is 45.4 Å². The largest absolute Gasteiger partial charge is 0.396 e. The van der Waals surface area contributed by atoms with E-state index in [2.05, 4.69) is 50.1 Å². The first-order valence-corrected chi connectivity index (χ1v) is 23.2. The number of rotatable bonds is 22. The fourth-order valence-corrected chi connectivity index (χ4v) is 6.21. The minimum absolute atomic E-state index is 0.0401. The summed E-state index contributed by atoms with van der Waals surface area (Å²) in [6.45, 7) is -2.30. The Labute approximate surface area is 438 Å². The van der Waals surface area contributed by atoms with Crippen LogP contribution in [0, 0.1) is 46.6 Å². The Morgan fingerprint density at radius 1 is 0.634 bits per heavy atom. The van der Waals surface area contributed by atoms with Gasteiger partial charge in [-0.3, -0.25) is 0 Å². The van der Waals surface area contributed by atoms with Gasteiger partial charge < -0.3 is 51.3 Å². The first-order valence-electron chi connectivity index (χ1n) is 26.5. The minimum atomic E-state index is -2.39. The molecule has 0 aliphatic rings. The van der Waals surface area contributed by atoms with Gasteiger partial charge in [0.2, 0.25) is 0 Å². The Balaban J connectivity index is 0.000000284. The molecule has 6 aromatic rings. The molecule has 13 heteroatoms. The Kier molecular flexibility index (Phi) is 19.8. The number of hydrogen-bond donors (Lipinski definition) is 6. The van der Waals surface area contributed by atoms with Crippen molar-refractivity contribution in [3.8, 4) is 24.2 Å². The first kappa shape index (κ1) is 46.0. The Bertz CT molecular complexity index is 2960. The van der Waals surface area contributed by atoms with Crippen LogP contribution in [0.3, 0.4) is 0 Å². The van der Waals surface area contributed by atoms with Gasteiger partial charge >= 0.3 is 0 Å². The second-order valence-electron chi connectivity index (χ2n) is 16.8. The number of hydrogen-bond acceptors (Lipinski definition) is 9. The highest BCUT2D eigenvalue weighted by Gasteiger charge is 2.17. The van der Waals surface area contributed by atoms with Gasteiger partial charge in [-0.1, -0.05) is 139 Å². The minimum Gasteiger partial charge on any atom is -0.396 e. The van der Waals surface area contributed by atoms with Gasteiger partial charge in [0.15, 0.2) is 11.5 Å². The summed E-state index contributed by atoms with van der Waals surface area (Å²) in [6, 6.07) is 41.9. The second kappa shape index (κ2) is 30.6. The van der Waals surface area contributed by atoms with E-state index in [0.29, 0.717) is 10.2 Å². The average Bonchev–Trinajstić information content (AvgIpc) is 3.43. The van der Waals surface area contributed by atoms with E-state index in [0.717, 1.165) is 28.3 Å². The number of nitrogens with two attached hydrogens (primary N) is 1. The standard InChI is InChI=1S/C29H33FN2O3.C16H18BrFN2O2.C13H16O/c1-29(2,21-35-19-23-11-7-4-8-12-23)14-13-24-15-27(31)26(30)16-28(24)32-17-25(33)20-34-18-22-9-5-3-6-10-22;17-13-6-15(19)14(18)7-16(13)20-8-12(21)10-22-9-11-4-2-1-3-5-11;1-4-13(2,3)11-14-10-12-8-6-5-7-9-12/h3-12,15-16,25,32-33H,17-21,31H2,1-2H3;1-7,12,20-21H,8-10,19H2;1,5-9H,10-11H2,2-3H3/p+1/i20D2,21D2;10D2;11D2. The van der Waals surface area contributed by atoms with Crippen molar-refractivity contribution in [3.05, 3.63) is 190 Å². The Morgan fingerprint density at radius 3 is 1.46 bits per heavy atom. The molecule has 0 radical (unpaired) electrons. The van der Waals surface area contributed by atoms with Gasteiger partial charge in [-0.05, 0) is 71.9 Å². The third-order valence-corrected chi connectivity index (χ3v) is 10.2. The number of halogens is 3. The highest BCUT2D eigenvalue weighted by molar-refractivity contribution is 9.10. The summed E-state index contributed by atoms with van der Waals surface area (Å²) in [4.78, 5) is 0. The molecule has 0 amide bonds. The molecule has 0 spiro atoms. The molecule has 0 aromatic heterocycles.